The lowest BCUT2D eigenvalue weighted by Crippen LogP contribution is -2.61. The molecule has 0 aromatic rings. The van der Waals surface area contributed by atoms with Crippen LogP contribution >= 0.6 is 11.8 Å². The third kappa shape index (κ3) is 32.4. The van der Waals surface area contributed by atoms with Crippen LogP contribution in [0.2, 0.25) is 0 Å². The van der Waals surface area contributed by atoms with Crippen molar-refractivity contribution in [3.8, 4) is 0 Å². The van der Waals surface area contributed by atoms with Gasteiger partial charge in [-0.15, -0.1) is 0 Å². The van der Waals surface area contributed by atoms with Crippen LogP contribution in [0.5, 0.6) is 0 Å². The minimum Gasteiger partial charge on any atom is -0.481 e. The molecular weight excluding hydrogens is 1150 g/mol. The van der Waals surface area contributed by atoms with Crippen molar-refractivity contribution in [2.45, 2.75) is 159 Å². The molecule has 13 amide bonds. The molecule has 0 saturated carbocycles. The first-order chi connectivity index (χ1) is 39.6. The van der Waals surface area contributed by atoms with Gasteiger partial charge < -0.3 is 102 Å². The summed E-state index contributed by atoms with van der Waals surface area (Å²) in [6.45, 7) is 5.29. The first-order valence-electron chi connectivity index (χ1n) is 26.7. The Balaban J connectivity index is 6.09. The number of nitrogens with one attached hydrogen (secondary N) is 11. The molecule has 0 spiro atoms. The summed E-state index contributed by atoms with van der Waals surface area (Å²) in [5.41, 5.74) is 22.1. The zero-order valence-corrected chi connectivity index (χ0v) is 48.9. The van der Waals surface area contributed by atoms with E-state index in [1.165, 1.54) is 25.6 Å². The smallest absolute Gasteiger partial charge is 0.326 e. The minimum absolute atomic E-state index is 0.135. The number of amides is 13. The van der Waals surface area contributed by atoms with E-state index in [9.17, 15) is 92.0 Å². The molecule has 0 fully saturated rings. The SMILES string of the molecule is CSCC[C@H](N)C(=O)N[C@@H](CC(=O)O)C(=O)NCC(=O)NCC(=O)N[C@H](C(=O)NCC(=O)N[C@H](C(=O)N[C@@H](CCCCN)C(=O)N[C@@H](CC(C)C)C(=O)N[C@@H](CC(N)=O)C(=O)N[C@@H](CC(N)=O)C(=O)N[C@@H](CCC(=O)O)C(=O)O)[C@@H](C)O)C(C)C. The molecule has 85 heavy (non-hydrogen) atoms. The van der Waals surface area contributed by atoms with Crippen LogP contribution in [0.25, 0.3) is 0 Å². The van der Waals surface area contributed by atoms with Crippen molar-refractivity contribution in [3.05, 3.63) is 0 Å². The fraction of sp³-hybridized carbons (Fsp3) is 0.673. The van der Waals surface area contributed by atoms with Crippen molar-refractivity contribution in [2.75, 3.05) is 38.2 Å². The maximum absolute atomic E-state index is 14.0. The van der Waals surface area contributed by atoms with Crippen LogP contribution in [-0.2, 0) is 76.7 Å². The van der Waals surface area contributed by atoms with E-state index in [1.54, 1.807) is 20.1 Å². The molecule has 0 aliphatic rings. The van der Waals surface area contributed by atoms with Crippen molar-refractivity contribution in [1.82, 2.24) is 58.5 Å². The molecule has 0 unspecified atom stereocenters. The lowest BCUT2D eigenvalue weighted by molar-refractivity contribution is -0.144. The van der Waals surface area contributed by atoms with Crippen molar-refractivity contribution in [2.24, 2.45) is 34.8 Å². The van der Waals surface area contributed by atoms with Gasteiger partial charge in [0.25, 0.3) is 0 Å². The molecule has 0 aliphatic carbocycles. The molecule has 0 radical (unpaired) electrons. The second-order valence-electron chi connectivity index (χ2n) is 20.2. The summed E-state index contributed by atoms with van der Waals surface area (Å²) in [5.74, 6) is -18.8. The van der Waals surface area contributed by atoms with Crippen molar-refractivity contribution >= 4 is 106 Å². The summed E-state index contributed by atoms with van der Waals surface area (Å²) >= 11 is 1.41. The standard InChI is InChI=1S/C49H83N15O20S/c1-22(2)15-28(44(78)61-30(17-33(53)67)46(80)62-29(16-32(52)66)45(79)58-27(49(83)84)10-11-37(71)72)60-43(77)26(9-7-8-13-50)57-48(82)40(24(5)65)64-36(70)21-56-47(81)39(23(3)4)63-35(69)20-54-34(68)19-55-42(76)31(18-38(73)74)59-41(75)25(51)12-14-85-6/h22-31,39-40,65H,7-21,50-51H2,1-6H3,(H2,52,66)(H2,53,67)(H,54,68)(H,55,76)(H,56,81)(H,57,82)(H,58,79)(H,59,75)(H,60,77)(H,61,78)(H,62,80)(H,63,69)(H,64,70)(H,71,72)(H,73,74)(H,83,84)/t24-,25+,26+,27+,28+,29+,30+,31+,39+,40+/m1/s1. The first kappa shape index (κ1) is 76.8. The van der Waals surface area contributed by atoms with E-state index in [0.717, 1.165) is 6.92 Å². The van der Waals surface area contributed by atoms with Gasteiger partial charge in [-0.1, -0.05) is 27.7 Å². The Bertz CT molecular complexity index is 2380. The van der Waals surface area contributed by atoms with E-state index in [1.807, 2.05) is 5.32 Å². The number of carboxylic acids is 3. The number of nitrogens with two attached hydrogens (primary N) is 4. The van der Waals surface area contributed by atoms with E-state index >= 15 is 0 Å². The Morgan fingerprint density at radius 2 is 0.906 bits per heavy atom. The number of thioether (sulfide) groups is 1. The lowest BCUT2D eigenvalue weighted by Gasteiger charge is -2.28. The number of rotatable bonds is 43. The molecular formula is C49H83N15O20S. The normalized spacial score (nSPS) is 14.5. The maximum atomic E-state index is 14.0. The molecule has 0 rings (SSSR count). The molecule has 0 aliphatic heterocycles. The first-order valence-corrected chi connectivity index (χ1v) is 28.1. The zero-order valence-electron chi connectivity index (χ0n) is 48.1. The summed E-state index contributed by atoms with van der Waals surface area (Å²) in [6.07, 6.45) is -3.40. The van der Waals surface area contributed by atoms with Crippen LogP contribution in [0.1, 0.15) is 98.8 Å². The minimum atomic E-state index is -1.92. The van der Waals surface area contributed by atoms with E-state index in [0.29, 0.717) is 12.2 Å². The average molecular weight is 1230 g/mol. The highest BCUT2D eigenvalue weighted by Crippen LogP contribution is 2.11. The van der Waals surface area contributed by atoms with Crippen LogP contribution in [-0.4, -0.2) is 214 Å². The third-order valence-corrected chi connectivity index (χ3v) is 12.5. The monoisotopic (exact) mass is 1230 g/mol. The van der Waals surface area contributed by atoms with Crippen LogP contribution in [0.3, 0.4) is 0 Å². The van der Waals surface area contributed by atoms with Crippen LogP contribution in [0, 0.1) is 11.8 Å². The number of carbonyl (C=O) groups excluding carboxylic acids is 13. The Labute approximate surface area is 493 Å². The number of aliphatic hydroxyl groups is 1. The molecule has 0 saturated heterocycles. The summed E-state index contributed by atoms with van der Waals surface area (Å²) < 4.78 is 0. The van der Waals surface area contributed by atoms with E-state index < -0.39 is 213 Å². The number of carbonyl (C=O) groups is 16. The molecule has 10 atom stereocenters. The molecule has 0 heterocycles. The summed E-state index contributed by atoms with van der Waals surface area (Å²) in [5, 5.41) is 63.1. The lowest BCUT2D eigenvalue weighted by atomic mass is 10.0. The fourth-order valence-corrected chi connectivity index (χ4v) is 7.89. The third-order valence-electron chi connectivity index (χ3n) is 11.9. The molecule has 36 heteroatoms. The maximum Gasteiger partial charge on any atom is 0.326 e. The molecule has 0 aromatic heterocycles. The van der Waals surface area contributed by atoms with Crippen molar-refractivity contribution in [1.29, 1.82) is 0 Å². The number of unbranched alkanes of at least 4 members (excludes halogenated alkanes) is 1. The summed E-state index contributed by atoms with van der Waals surface area (Å²) in [7, 11) is 0. The Morgan fingerprint density at radius 1 is 0.459 bits per heavy atom. The van der Waals surface area contributed by atoms with Gasteiger partial charge in [-0.25, -0.2) is 4.79 Å². The van der Waals surface area contributed by atoms with Gasteiger partial charge in [-0.2, -0.15) is 11.8 Å². The number of aliphatic hydroxyl groups excluding tert-OH is 1. The zero-order chi connectivity index (χ0) is 65.3. The number of hydrogen-bond donors (Lipinski definition) is 19. The quantitative estimate of drug-likeness (QED) is 0.0252. The fourth-order valence-electron chi connectivity index (χ4n) is 7.40. The van der Waals surface area contributed by atoms with Crippen LogP contribution in [0.4, 0.5) is 0 Å². The Morgan fingerprint density at radius 3 is 1.38 bits per heavy atom. The number of aliphatic carboxylic acids is 3. The Hall–Kier alpha value is -8.25. The van der Waals surface area contributed by atoms with Gasteiger partial charge in [0.05, 0.1) is 51.0 Å². The second kappa shape index (κ2) is 40.1. The van der Waals surface area contributed by atoms with Crippen LogP contribution < -0.4 is 81.4 Å². The van der Waals surface area contributed by atoms with Gasteiger partial charge in [0.2, 0.25) is 76.8 Å². The van der Waals surface area contributed by atoms with E-state index in [4.69, 9.17) is 28.0 Å². The molecule has 0 bridgehead atoms. The van der Waals surface area contributed by atoms with Crippen molar-refractivity contribution < 1.29 is 97.1 Å². The second-order valence-corrected chi connectivity index (χ2v) is 21.2. The number of primary amides is 2. The van der Waals surface area contributed by atoms with Crippen LogP contribution in [0.15, 0.2) is 0 Å². The highest BCUT2D eigenvalue weighted by molar-refractivity contribution is 7.98. The van der Waals surface area contributed by atoms with E-state index in [-0.39, 0.29) is 38.1 Å². The van der Waals surface area contributed by atoms with Gasteiger partial charge in [0.1, 0.15) is 48.3 Å². The topological polar surface area (TPSA) is 590 Å². The molecule has 23 N–H and O–H groups in total. The predicted molar refractivity (Wildman–Crippen MR) is 299 cm³/mol. The predicted octanol–water partition coefficient (Wildman–Crippen LogP) is -8.32. The molecule has 35 nitrogen and oxygen atoms in total. The van der Waals surface area contributed by atoms with Crippen molar-refractivity contribution in [3.63, 3.8) is 0 Å². The highest BCUT2D eigenvalue weighted by atomic mass is 32.2. The summed E-state index contributed by atoms with van der Waals surface area (Å²) in [4.78, 5) is 203. The Kier molecular flexibility index (Phi) is 36.2. The van der Waals surface area contributed by atoms with E-state index in [2.05, 4.69) is 53.2 Å². The van der Waals surface area contributed by atoms with Gasteiger partial charge >= 0.3 is 17.9 Å². The number of hydrogen-bond acceptors (Lipinski definition) is 20. The molecule has 480 valence electrons. The highest BCUT2D eigenvalue weighted by Gasteiger charge is 2.36. The van der Waals surface area contributed by atoms with Gasteiger partial charge in [0, 0.05) is 6.42 Å². The van der Waals surface area contributed by atoms with Gasteiger partial charge in [-0.3, -0.25) is 71.9 Å². The summed E-state index contributed by atoms with van der Waals surface area (Å²) in [6, 6.07) is -14.4. The van der Waals surface area contributed by atoms with Gasteiger partial charge in [0.15, 0.2) is 0 Å². The largest absolute Gasteiger partial charge is 0.481 e. The van der Waals surface area contributed by atoms with Gasteiger partial charge in [-0.05, 0) is 75.8 Å². The number of carboxylic acid groups (broad SMARTS) is 3. The average Bonchev–Trinajstić information content (AvgIpc) is 3.49. The molecule has 0 aromatic carbocycles.